The van der Waals surface area contributed by atoms with Gasteiger partial charge in [0.15, 0.2) is 0 Å². The lowest BCUT2D eigenvalue weighted by atomic mass is 10.1. The Morgan fingerprint density at radius 2 is 2.27 bits per heavy atom. The predicted octanol–water partition coefficient (Wildman–Crippen LogP) is 1.25. The molecule has 80 valence electrons. The number of nitrogens with zero attached hydrogens (tertiary/aromatic N) is 1. The highest BCUT2D eigenvalue weighted by molar-refractivity contribution is 5.60. The van der Waals surface area contributed by atoms with E-state index in [4.69, 9.17) is 4.74 Å². The van der Waals surface area contributed by atoms with Gasteiger partial charge in [-0.05, 0) is 25.1 Å². The first-order chi connectivity index (χ1) is 7.45. The number of nitrogens with one attached hydrogen (secondary N) is 1. The highest BCUT2D eigenvalue weighted by Crippen LogP contribution is 2.33. The molecule has 3 heteroatoms. The van der Waals surface area contributed by atoms with Crippen LogP contribution in [0.4, 0.5) is 5.69 Å². The number of benzene rings is 1. The van der Waals surface area contributed by atoms with E-state index in [0.717, 1.165) is 32.0 Å². The molecule has 1 atom stereocenters. The molecule has 1 aromatic carbocycles. The second kappa shape index (κ2) is 3.74. The Labute approximate surface area is 90.0 Å². The Morgan fingerprint density at radius 3 is 3.13 bits per heavy atom. The summed E-state index contributed by atoms with van der Waals surface area (Å²) >= 11 is 0. The summed E-state index contributed by atoms with van der Waals surface area (Å²) in [7, 11) is 0. The highest BCUT2D eigenvalue weighted by atomic mass is 16.5. The summed E-state index contributed by atoms with van der Waals surface area (Å²) in [4.78, 5) is 2.48. The molecule has 2 aliphatic heterocycles. The molecule has 15 heavy (non-hydrogen) atoms. The van der Waals surface area contributed by atoms with Crippen LogP contribution in [-0.4, -0.2) is 32.3 Å². The van der Waals surface area contributed by atoms with Crippen molar-refractivity contribution in [2.45, 2.75) is 12.5 Å². The van der Waals surface area contributed by atoms with Gasteiger partial charge in [0, 0.05) is 12.6 Å². The van der Waals surface area contributed by atoms with Gasteiger partial charge < -0.3 is 15.0 Å². The molecular formula is C12H16N2O. The maximum absolute atomic E-state index is 5.65. The Balaban J connectivity index is 1.91. The average Bonchev–Trinajstić information content (AvgIpc) is 2.82. The molecule has 3 nitrogen and oxygen atoms in total. The largest absolute Gasteiger partial charge is 0.490 e. The van der Waals surface area contributed by atoms with Crippen molar-refractivity contribution >= 4 is 5.69 Å². The zero-order chi connectivity index (χ0) is 10.1. The van der Waals surface area contributed by atoms with E-state index in [1.165, 1.54) is 12.1 Å². The number of fused-ring (bicyclic) bond motifs is 1. The Morgan fingerprint density at radius 1 is 1.33 bits per heavy atom. The van der Waals surface area contributed by atoms with Gasteiger partial charge >= 0.3 is 0 Å². The first-order valence-electron chi connectivity index (χ1n) is 5.64. The minimum absolute atomic E-state index is 0.648. The maximum Gasteiger partial charge on any atom is 0.142 e. The minimum atomic E-state index is 0.648. The molecule has 0 spiro atoms. The Kier molecular flexibility index (Phi) is 2.25. The molecule has 0 bridgehead atoms. The van der Waals surface area contributed by atoms with E-state index < -0.39 is 0 Å². The van der Waals surface area contributed by atoms with Crippen molar-refractivity contribution in [2.75, 3.05) is 31.1 Å². The molecule has 1 unspecified atom stereocenters. The first-order valence-corrected chi connectivity index (χ1v) is 5.64. The van der Waals surface area contributed by atoms with Crippen LogP contribution in [0.1, 0.15) is 6.42 Å². The van der Waals surface area contributed by atoms with Crippen molar-refractivity contribution in [2.24, 2.45) is 0 Å². The molecule has 0 aromatic heterocycles. The second-order valence-corrected chi connectivity index (χ2v) is 4.16. The molecule has 2 heterocycles. The monoisotopic (exact) mass is 204 g/mol. The highest BCUT2D eigenvalue weighted by Gasteiger charge is 2.26. The van der Waals surface area contributed by atoms with E-state index in [1.54, 1.807) is 0 Å². The van der Waals surface area contributed by atoms with Gasteiger partial charge in [-0.2, -0.15) is 0 Å². The Bertz CT molecular complexity index is 347. The van der Waals surface area contributed by atoms with Gasteiger partial charge in [0.05, 0.1) is 12.2 Å². The number of para-hydroxylation sites is 2. The molecule has 0 aliphatic carbocycles. The number of hydrogen-bond donors (Lipinski definition) is 1. The summed E-state index contributed by atoms with van der Waals surface area (Å²) in [6, 6.07) is 8.99. The number of ether oxygens (including phenoxy) is 1. The number of hydrogen-bond acceptors (Lipinski definition) is 3. The molecule has 0 amide bonds. The van der Waals surface area contributed by atoms with Crippen molar-refractivity contribution in [3.63, 3.8) is 0 Å². The van der Waals surface area contributed by atoms with Gasteiger partial charge in [-0.1, -0.05) is 12.1 Å². The lowest BCUT2D eigenvalue weighted by Crippen LogP contribution is -2.42. The van der Waals surface area contributed by atoms with Crippen molar-refractivity contribution in [3.05, 3.63) is 24.3 Å². The van der Waals surface area contributed by atoms with Gasteiger partial charge in [-0.3, -0.25) is 0 Å². The van der Waals surface area contributed by atoms with Crippen LogP contribution in [0.15, 0.2) is 24.3 Å². The second-order valence-electron chi connectivity index (χ2n) is 4.16. The quantitative estimate of drug-likeness (QED) is 0.745. The number of rotatable bonds is 1. The first kappa shape index (κ1) is 9.04. The normalized spacial score (nSPS) is 24.8. The molecule has 2 aliphatic rings. The van der Waals surface area contributed by atoms with Crippen LogP contribution >= 0.6 is 0 Å². The third kappa shape index (κ3) is 1.57. The van der Waals surface area contributed by atoms with E-state index in [1.807, 2.05) is 6.07 Å². The number of anilines is 1. The topological polar surface area (TPSA) is 24.5 Å². The van der Waals surface area contributed by atoms with Gasteiger partial charge in [0.2, 0.25) is 0 Å². The molecule has 1 aromatic rings. The van der Waals surface area contributed by atoms with E-state index in [-0.39, 0.29) is 0 Å². The van der Waals surface area contributed by atoms with E-state index >= 15 is 0 Å². The fourth-order valence-corrected chi connectivity index (χ4v) is 2.48. The smallest absolute Gasteiger partial charge is 0.142 e. The van der Waals surface area contributed by atoms with Crippen LogP contribution in [0, 0.1) is 0 Å². The van der Waals surface area contributed by atoms with Crippen LogP contribution in [0.2, 0.25) is 0 Å². The van der Waals surface area contributed by atoms with Crippen molar-refractivity contribution in [1.29, 1.82) is 0 Å². The van der Waals surface area contributed by atoms with Crippen LogP contribution in [0.25, 0.3) is 0 Å². The van der Waals surface area contributed by atoms with Gasteiger partial charge in [0.1, 0.15) is 12.4 Å². The molecule has 0 radical (unpaired) electrons. The lowest BCUT2D eigenvalue weighted by molar-refractivity contribution is 0.301. The van der Waals surface area contributed by atoms with Crippen molar-refractivity contribution in [3.8, 4) is 5.75 Å². The van der Waals surface area contributed by atoms with Gasteiger partial charge in [0.25, 0.3) is 0 Å². The molecule has 1 N–H and O–H groups in total. The fraction of sp³-hybridized carbons (Fsp3) is 0.500. The molecule has 3 rings (SSSR count). The zero-order valence-electron chi connectivity index (χ0n) is 8.78. The van der Waals surface area contributed by atoms with Gasteiger partial charge in [-0.15, -0.1) is 0 Å². The molecule has 0 saturated carbocycles. The SMILES string of the molecule is c1ccc2c(c1)OCCN2C1CCNC1. The lowest BCUT2D eigenvalue weighted by Gasteiger charge is -2.35. The summed E-state index contributed by atoms with van der Waals surface area (Å²) in [6.07, 6.45) is 1.24. The fourth-order valence-electron chi connectivity index (χ4n) is 2.48. The van der Waals surface area contributed by atoms with Crippen molar-refractivity contribution < 1.29 is 4.74 Å². The van der Waals surface area contributed by atoms with E-state index in [2.05, 4.69) is 28.4 Å². The van der Waals surface area contributed by atoms with Crippen LogP contribution in [0.3, 0.4) is 0 Å². The third-order valence-electron chi connectivity index (χ3n) is 3.24. The standard InChI is InChI=1S/C12H16N2O/c1-2-4-12-11(3-1)14(7-8-15-12)10-5-6-13-9-10/h1-4,10,13H,5-9H2. The molecule has 1 saturated heterocycles. The molecule has 1 fully saturated rings. The van der Waals surface area contributed by atoms with Gasteiger partial charge in [-0.25, -0.2) is 0 Å². The summed E-state index contributed by atoms with van der Waals surface area (Å²) in [6.45, 7) is 4.08. The predicted molar refractivity (Wildman–Crippen MR) is 60.6 cm³/mol. The van der Waals surface area contributed by atoms with Crippen LogP contribution < -0.4 is 15.0 Å². The summed E-state index contributed by atoms with van der Waals surface area (Å²) in [5, 5.41) is 3.42. The minimum Gasteiger partial charge on any atom is -0.490 e. The Hall–Kier alpha value is -1.22. The van der Waals surface area contributed by atoms with Crippen molar-refractivity contribution in [1.82, 2.24) is 5.32 Å². The molecular weight excluding hydrogens is 188 g/mol. The summed E-state index contributed by atoms with van der Waals surface area (Å²) in [5.41, 5.74) is 1.26. The van der Waals surface area contributed by atoms with E-state index in [0.29, 0.717) is 6.04 Å². The summed E-state index contributed by atoms with van der Waals surface area (Å²) < 4.78 is 5.65. The summed E-state index contributed by atoms with van der Waals surface area (Å²) in [5.74, 6) is 1.04. The maximum atomic E-state index is 5.65. The van der Waals surface area contributed by atoms with Crippen LogP contribution in [0.5, 0.6) is 5.75 Å². The average molecular weight is 204 g/mol. The van der Waals surface area contributed by atoms with E-state index in [9.17, 15) is 0 Å². The van der Waals surface area contributed by atoms with Crippen LogP contribution in [-0.2, 0) is 0 Å². The third-order valence-corrected chi connectivity index (χ3v) is 3.24. The zero-order valence-corrected chi connectivity index (χ0v) is 8.78.